The van der Waals surface area contributed by atoms with Crippen molar-refractivity contribution < 1.29 is 9.90 Å². The van der Waals surface area contributed by atoms with Crippen LogP contribution >= 0.6 is 0 Å². The molecule has 0 saturated carbocycles. The van der Waals surface area contributed by atoms with E-state index in [1.807, 2.05) is 6.07 Å². The smallest absolute Gasteiger partial charge is 0.339 e. The van der Waals surface area contributed by atoms with Crippen LogP contribution in [0, 0.1) is 18.3 Å². The lowest BCUT2D eigenvalue weighted by Gasteiger charge is -1.99. The minimum atomic E-state index is -0.985. The molecule has 0 spiro atoms. The predicted octanol–water partition coefficient (Wildman–Crippen LogP) is 0.803. The van der Waals surface area contributed by atoms with Crippen molar-refractivity contribution in [1.82, 2.24) is 9.78 Å². The van der Waals surface area contributed by atoms with Crippen LogP contribution in [0.3, 0.4) is 0 Å². The molecule has 0 fully saturated rings. The summed E-state index contributed by atoms with van der Waals surface area (Å²) in [7, 11) is 0. The highest BCUT2D eigenvalue weighted by atomic mass is 16.4. The van der Waals surface area contributed by atoms with E-state index in [0.29, 0.717) is 18.7 Å². The van der Waals surface area contributed by atoms with E-state index in [-0.39, 0.29) is 5.56 Å². The van der Waals surface area contributed by atoms with Gasteiger partial charge in [0.2, 0.25) is 0 Å². The normalized spacial score (nSPS) is 9.54. The third kappa shape index (κ3) is 1.85. The maximum atomic E-state index is 10.6. The van der Waals surface area contributed by atoms with Gasteiger partial charge in [0, 0.05) is 5.69 Å². The van der Waals surface area contributed by atoms with Gasteiger partial charge >= 0.3 is 5.97 Å². The van der Waals surface area contributed by atoms with Crippen molar-refractivity contribution >= 4 is 5.97 Å². The summed E-state index contributed by atoms with van der Waals surface area (Å²) in [4.78, 5) is 10.6. The Labute approximate surface area is 75.2 Å². The standard InChI is InChI=1S/C8H9N3O2/c1-6-7(8(12)13)5-10-11(6)4-2-3-9/h5H,2,4H2,1H3,(H,12,13). The third-order valence-corrected chi connectivity index (χ3v) is 1.77. The number of aromatic nitrogens is 2. The predicted molar refractivity (Wildman–Crippen MR) is 44.2 cm³/mol. The fourth-order valence-corrected chi connectivity index (χ4v) is 1.04. The third-order valence-electron chi connectivity index (χ3n) is 1.77. The van der Waals surface area contributed by atoms with Crippen molar-refractivity contribution in [2.45, 2.75) is 19.9 Å². The average Bonchev–Trinajstić information content (AvgIpc) is 2.43. The highest BCUT2D eigenvalue weighted by molar-refractivity contribution is 5.88. The van der Waals surface area contributed by atoms with Crippen molar-refractivity contribution in [3.8, 4) is 6.07 Å². The van der Waals surface area contributed by atoms with Gasteiger partial charge in [-0.3, -0.25) is 4.68 Å². The first-order chi connectivity index (χ1) is 6.16. The SMILES string of the molecule is Cc1c(C(=O)O)cnn1CCC#N. The first-order valence-corrected chi connectivity index (χ1v) is 3.79. The van der Waals surface area contributed by atoms with E-state index in [1.54, 1.807) is 6.92 Å². The molecule has 1 N–H and O–H groups in total. The second-order valence-electron chi connectivity index (χ2n) is 2.58. The molecule has 5 heteroatoms. The summed E-state index contributed by atoms with van der Waals surface area (Å²) in [5.41, 5.74) is 0.778. The topological polar surface area (TPSA) is 78.9 Å². The zero-order chi connectivity index (χ0) is 9.84. The molecule has 0 aliphatic carbocycles. The number of hydrogen-bond acceptors (Lipinski definition) is 3. The second-order valence-corrected chi connectivity index (χ2v) is 2.58. The monoisotopic (exact) mass is 179 g/mol. The van der Waals surface area contributed by atoms with Gasteiger partial charge < -0.3 is 5.11 Å². The molecule has 0 aliphatic rings. The lowest BCUT2D eigenvalue weighted by Crippen LogP contribution is -2.04. The summed E-state index contributed by atoms with van der Waals surface area (Å²) in [6.07, 6.45) is 1.64. The molecule has 0 bridgehead atoms. The molecule has 1 rings (SSSR count). The molecular formula is C8H9N3O2. The molecule has 1 heterocycles. The van der Waals surface area contributed by atoms with Gasteiger partial charge in [-0.25, -0.2) is 4.79 Å². The zero-order valence-corrected chi connectivity index (χ0v) is 7.19. The summed E-state index contributed by atoms with van der Waals surface area (Å²) < 4.78 is 1.52. The highest BCUT2D eigenvalue weighted by Gasteiger charge is 2.11. The molecule has 0 amide bonds. The first kappa shape index (κ1) is 9.26. The van der Waals surface area contributed by atoms with Crippen molar-refractivity contribution in [3.63, 3.8) is 0 Å². The molecule has 0 aliphatic heterocycles. The Kier molecular flexibility index (Phi) is 2.65. The van der Waals surface area contributed by atoms with Crippen LogP contribution in [0.2, 0.25) is 0 Å². The molecule has 1 aromatic heterocycles. The van der Waals surface area contributed by atoms with Crippen molar-refractivity contribution in [3.05, 3.63) is 17.5 Å². The molecule has 0 aromatic carbocycles. The van der Waals surface area contributed by atoms with Gasteiger partial charge in [0.1, 0.15) is 5.56 Å². The Balaban J connectivity index is 2.88. The van der Waals surface area contributed by atoms with Crippen LogP contribution in [-0.4, -0.2) is 20.9 Å². The van der Waals surface area contributed by atoms with E-state index in [4.69, 9.17) is 10.4 Å². The summed E-state index contributed by atoms with van der Waals surface area (Å²) in [6, 6.07) is 1.97. The van der Waals surface area contributed by atoms with Gasteiger partial charge in [0.05, 0.1) is 25.2 Å². The number of carboxylic acid groups (broad SMARTS) is 1. The minimum absolute atomic E-state index is 0.193. The van der Waals surface area contributed by atoms with Crippen LogP contribution in [-0.2, 0) is 6.54 Å². The maximum absolute atomic E-state index is 10.6. The van der Waals surface area contributed by atoms with Crippen LogP contribution in [0.15, 0.2) is 6.20 Å². The van der Waals surface area contributed by atoms with E-state index in [2.05, 4.69) is 5.10 Å². The van der Waals surface area contributed by atoms with Gasteiger partial charge in [-0.2, -0.15) is 10.4 Å². The average molecular weight is 179 g/mol. The Morgan fingerprint density at radius 3 is 3.00 bits per heavy atom. The Morgan fingerprint density at radius 1 is 1.85 bits per heavy atom. The maximum Gasteiger partial charge on any atom is 0.339 e. The summed E-state index contributed by atoms with van der Waals surface area (Å²) in [5.74, 6) is -0.985. The van der Waals surface area contributed by atoms with Crippen LogP contribution in [0.1, 0.15) is 22.5 Å². The van der Waals surface area contributed by atoms with Crippen LogP contribution in [0.5, 0.6) is 0 Å². The Hall–Kier alpha value is -1.83. The van der Waals surface area contributed by atoms with E-state index in [9.17, 15) is 4.79 Å². The molecule has 1 aromatic rings. The zero-order valence-electron chi connectivity index (χ0n) is 7.19. The fourth-order valence-electron chi connectivity index (χ4n) is 1.04. The van der Waals surface area contributed by atoms with E-state index >= 15 is 0 Å². The van der Waals surface area contributed by atoms with E-state index in [1.165, 1.54) is 10.9 Å². The summed E-state index contributed by atoms with van der Waals surface area (Å²) in [5, 5.41) is 20.9. The van der Waals surface area contributed by atoms with E-state index in [0.717, 1.165) is 0 Å². The van der Waals surface area contributed by atoms with Crippen LogP contribution in [0.25, 0.3) is 0 Å². The van der Waals surface area contributed by atoms with Gasteiger partial charge in [0.25, 0.3) is 0 Å². The van der Waals surface area contributed by atoms with Gasteiger partial charge in [-0.1, -0.05) is 0 Å². The lowest BCUT2D eigenvalue weighted by molar-refractivity contribution is 0.0696. The molecule has 0 unspecified atom stereocenters. The lowest BCUT2D eigenvalue weighted by atomic mass is 10.3. The number of carbonyl (C=O) groups is 1. The van der Waals surface area contributed by atoms with Gasteiger partial charge in [-0.05, 0) is 6.92 Å². The Morgan fingerprint density at radius 2 is 2.54 bits per heavy atom. The van der Waals surface area contributed by atoms with E-state index < -0.39 is 5.97 Å². The van der Waals surface area contributed by atoms with Gasteiger partial charge in [-0.15, -0.1) is 0 Å². The Bertz CT molecular complexity index is 362. The molecule has 0 atom stereocenters. The molecule has 5 nitrogen and oxygen atoms in total. The van der Waals surface area contributed by atoms with Crippen molar-refractivity contribution in [2.24, 2.45) is 0 Å². The first-order valence-electron chi connectivity index (χ1n) is 3.79. The number of carboxylic acids is 1. The minimum Gasteiger partial charge on any atom is -0.478 e. The molecule has 68 valence electrons. The molecular weight excluding hydrogens is 170 g/mol. The number of nitriles is 1. The van der Waals surface area contributed by atoms with Crippen LogP contribution in [0.4, 0.5) is 0 Å². The second kappa shape index (κ2) is 3.72. The van der Waals surface area contributed by atoms with Crippen molar-refractivity contribution in [2.75, 3.05) is 0 Å². The fraction of sp³-hybridized carbons (Fsp3) is 0.375. The number of aryl methyl sites for hydroxylation is 1. The summed E-state index contributed by atoms with van der Waals surface area (Å²) >= 11 is 0. The highest BCUT2D eigenvalue weighted by Crippen LogP contribution is 2.06. The number of rotatable bonds is 3. The molecule has 0 radical (unpaired) electrons. The van der Waals surface area contributed by atoms with Crippen LogP contribution < -0.4 is 0 Å². The summed E-state index contributed by atoms with van der Waals surface area (Å²) in [6.45, 7) is 2.11. The quantitative estimate of drug-likeness (QED) is 0.744. The van der Waals surface area contributed by atoms with Crippen molar-refractivity contribution in [1.29, 1.82) is 5.26 Å². The number of nitrogens with zero attached hydrogens (tertiary/aromatic N) is 3. The number of aromatic carboxylic acids is 1. The largest absolute Gasteiger partial charge is 0.478 e. The number of hydrogen-bond donors (Lipinski definition) is 1. The molecule has 0 saturated heterocycles. The van der Waals surface area contributed by atoms with Gasteiger partial charge in [0.15, 0.2) is 0 Å². The molecule has 13 heavy (non-hydrogen) atoms.